The number of aliphatic hydroxyl groups is 6. The number of hydrogen-bond donors (Lipinski definition) is 6. The summed E-state index contributed by atoms with van der Waals surface area (Å²) < 4.78 is 12.4. The van der Waals surface area contributed by atoms with Crippen molar-refractivity contribution in [2.24, 2.45) is 35.5 Å². The average molecular weight is 858 g/mol. The van der Waals surface area contributed by atoms with Crippen LogP contribution in [0.4, 0.5) is 0 Å². The molecule has 4 aliphatic rings. The Labute approximate surface area is 363 Å². The van der Waals surface area contributed by atoms with Gasteiger partial charge in [-0.2, -0.15) is 0 Å². The molecule has 13 heteroatoms. The van der Waals surface area contributed by atoms with E-state index in [4.69, 9.17) is 9.47 Å². The Hall–Kier alpha value is -3.04. The van der Waals surface area contributed by atoms with E-state index in [1.165, 1.54) is 11.0 Å². The number of rotatable bonds is 3. The number of carbonyl (C=O) groups is 4. The Morgan fingerprint density at radius 2 is 1.54 bits per heavy atom. The number of amides is 1. The summed E-state index contributed by atoms with van der Waals surface area (Å²) in [5.74, 6) is -5.85. The highest BCUT2D eigenvalue weighted by atomic mass is 16.6. The van der Waals surface area contributed by atoms with Crippen LogP contribution in [-0.4, -0.2) is 120 Å². The van der Waals surface area contributed by atoms with Crippen LogP contribution in [0, 0.1) is 35.5 Å². The number of ketones is 2. The number of fused-ring (bicyclic) bond motifs is 3. The summed E-state index contributed by atoms with van der Waals surface area (Å²) in [7, 11) is 0. The van der Waals surface area contributed by atoms with Crippen molar-refractivity contribution in [2.75, 3.05) is 6.54 Å². The standard InChI is InChI=1S/C48H75NO12/c1-28-13-9-8-10-14-29(2)39(51)25-36-18-16-34(7)48(59,61-36)27-43(54)49-20-12-11-15-37(49)47(58)60-42(31(4)23-35-17-19-38(50)41(53)24-35)26-40(52)30(3)22-33(6)45(56)46(57)44(55)32(5)21-28/h8-10,13-14,22,28,30-32,34-39,41-42,45-46,50-51,53,56-57,59H,11-12,15-21,23-27H2,1-7H3/b10-8+,13-9-,29-14+,33-22+/t28-,30-,31-,32-,34-,35?,36+,37+,38+,39+,41+,42+,45-,46+,48+/m1/s1. The third-order valence-electron chi connectivity index (χ3n) is 13.8. The summed E-state index contributed by atoms with van der Waals surface area (Å²) in [4.78, 5) is 56.9. The van der Waals surface area contributed by atoms with Crippen molar-refractivity contribution < 1.29 is 59.3 Å². The maximum Gasteiger partial charge on any atom is 0.329 e. The average Bonchev–Trinajstić information content (AvgIpc) is 3.21. The minimum Gasteiger partial charge on any atom is -0.460 e. The second kappa shape index (κ2) is 23.1. The normalized spacial score (nSPS) is 42.2. The highest BCUT2D eigenvalue weighted by molar-refractivity contribution is 5.87. The van der Waals surface area contributed by atoms with Gasteiger partial charge in [-0.25, -0.2) is 4.79 Å². The first-order valence-electron chi connectivity index (χ1n) is 22.8. The van der Waals surface area contributed by atoms with E-state index in [1.807, 2.05) is 39.0 Å². The SMILES string of the molecule is C/C1=C\[C@@H](C)C(=O)C[C@@H]([C@H](C)CC2CC[C@H](O)[C@@H](O)C2)OC(=O)[C@@H]2CCCCN2C(=O)C[C@]2(O)O[C@@H](CC[C@H]2C)C[C@H](O)/C(C)=C/C=C/C=C\[C@@H](C)C[C@@H](C)C(=O)[C@H](O)[C@@H]1O. The molecule has 0 aromatic heterocycles. The number of piperidine rings is 1. The molecular formula is C48H75NO12. The maximum atomic E-state index is 14.2. The largest absolute Gasteiger partial charge is 0.460 e. The van der Waals surface area contributed by atoms with Gasteiger partial charge in [0.25, 0.3) is 0 Å². The first-order chi connectivity index (χ1) is 28.7. The molecule has 15 atom stereocenters. The summed E-state index contributed by atoms with van der Waals surface area (Å²) in [5, 5.41) is 65.5. The molecule has 3 heterocycles. The van der Waals surface area contributed by atoms with Crippen molar-refractivity contribution in [1.29, 1.82) is 0 Å². The van der Waals surface area contributed by atoms with E-state index in [1.54, 1.807) is 39.8 Å². The zero-order valence-corrected chi connectivity index (χ0v) is 37.5. The number of esters is 1. The molecule has 6 N–H and O–H groups in total. The maximum absolute atomic E-state index is 14.2. The fourth-order valence-corrected chi connectivity index (χ4v) is 9.48. The first-order valence-corrected chi connectivity index (χ1v) is 22.8. The van der Waals surface area contributed by atoms with Gasteiger partial charge in [-0.05, 0) is 107 Å². The Bertz CT molecular complexity index is 1620. The summed E-state index contributed by atoms with van der Waals surface area (Å²) >= 11 is 0. The van der Waals surface area contributed by atoms with Crippen LogP contribution in [0.15, 0.2) is 47.6 Å². The van der Waals surface area contributed by atoms with Crippen molar-refractivity contribution >= 4 is 23.4 Å². The van der Waals surface area contributed by atoms with Gasteiger partial charge in [-0.3, -0.25) is 14.4 Å². The molecule has 1 saturated carbocycles. The Balaban J connectivity index is 1.64. The molecule has 61 heavy (non-hydrogen) atoms. The zero-order chi connectivity index (χ0) is 45.2. The Morgan fingerprint density at radius 1 is 0.820 bits per heavy atom. The molecule has 3 fully saturated rings. The molecule has 0 aromatic rings. The first kappa shape index (κ1) is 50.6. The second-order valence-electron chi connectivity index (χ2n) is 19.0. The molecule has 0 spiro atoms. The van der Waals surface area contributed by atoms with Crippen molar-refractivity contribution in [3.63, 3.8) is 0 Å². The number of aliphatic hydroxyl groups excluding tert-OH is 5. The smallest absolute Gasteiger partial charge is 0.329 e. The van der Waals surface area contributed by atoms with Crippen LogP contribution < -0.4 is 0 Å². The van der Waals surface area contributed by atoms with Crippen molar-refractivity contribution in [2.45, 2.75) is 186 Å². The number of hydrogen-bond acceptors (Lipinski definition) is 12. The van der Waals surface area contributed by atoms with Gasteiger partial charge in [-0.1, -0.05) is 71.1 Å². The predicted octanol–water partition coefficient (Wildman–Crippen LogP) is 5.04. The van der Waals surface area contributed by atoms with Gasteiger partial charge < -0.3 is 45.0 Å². The fraction of sp³-hybridized carbons (Fsp3) is 0.750. The molecule has 3 aliphatic heterocycles. The van der Waals surface area contributed by atoms with Crippen LogP contribution >= 0.6 is 0 Å². The lowest BCUT2D eigenvalue weighted by Crippen LogP contribution is -2.54. The van der Waals surface area contributed by atoms with Crippen molar-refractivity contribution in [1.82, 2.24) is 4.90 Å². The zero-order valence-electron chi connectivity index (χ0n) is 37.5. The van der Waals surface area contributed by atoms with Gasteiger partial charge in [-0.15, -0.1) is 0 Å². The summed E-state index contributed by atoms with van der Waals surface area (Å²) in [6, 6.07) is -0.955. The highest BCUT2D eigenvalue weighted by Crippen LogP contribution is 2.38. The van der Waals surface area contributed by atoms with Gasteiger partial charge >= 0.3 is 5.97 Å². The van der Waals surface area contributed by atoms with E-state index in [-0.39, 0.29) is 60.8 Å². The van der Waals surface area contributed by atoms with Gasteiger partial charge in [0, 0.05) is 37.1 Å². The van der Waals surface area contributed by atoms with Crippen LogP contribution in [0.25, 0.3) is 0 Å². The van der Waals surface area contributed by atoms with Crippen LogP contribution in [0.3, 0.4) is 0 Å². The molecule has 1 unspecified atom stereocenters. The van der Waals surface area contributed by atoms with Gasteiger partial charge in [0.1, 0.15) is 30.1 Å². The Morgan fingerprint density at radius 3 is 2.25 bits per heavy atom. The lowest BCUT2D eigenvalue weighted by Gasteiger charge is -2.44. The number of nitrogens with zero attached hydrogens (tertiary/aromatic N) is 1. The third kappa shape index (κ3) is 14.2. The van der Waals surface area contributed by atoms with Crippen LogP contribution in [0.2, 0.25) is 0 Å². The summed E-state index contributed by atoms with van der Waals surface area (Å²) in [6.45, 7) is 12.6. The molecule has 1 aliphatic carbocycles. The van der Waals surface area contributed by atoms with E-state index in [0.29, 0.717) is 69.8 Å². The van der Waals surface area contributed by atoms with Crippen LogP contribution in [0.1, 0.15) is 132 Å². The highest BCUT2D eigenvalue weighted by Gasteiger charge is 2.46. The van der Waals surface area contributed by atoms with E-state index in [9.17, 15) is 49.8 Å². The molecule has 0 aromatic carbocycles. The summed E-state index contributed by atoms with van der Waals surface area (Å²) in [6.07, 6.45) is 8.32. The molecule has 344 valence electrons. The third-order valence-corrected chi connectivity index (χ3v) is 13.8. The molecular weight excluding hydrogens is 783 g/mol. The predicted molar refractivity (Wildman–Crippen MR) is 230 cm³/mol. The summed E-state index contributed by atoms with van der Waals surface area (Å²) in [5.41, 5.74) is 0.939. The van der Waals surface area contributed by atoms with E-state index in [2.05, 4.69) is 0 Å². The number of Topliss-reactive ketones (excluding diaryl/α,β-unsaturated/α-hetero) is 2. The number of cyclic esters (lactones) is 1. The number of carbonyl (C=O) groups excluding carboxylic acids is 4. The molecule has 13 nitrogen and oxygen atoms in total. The van der Waals surface area contributed by atoms with E-state index in [0.717, 1.165) is 0 Å². The lowest BCUT2D eigenvalue weighted by atomic mass is 9.78. The second-order valence-corrected chi connectivity index (χ2v) is 19.0. The number of ether oxygens (including phenoxy) is 2. The topological polar surface area (TPSA) is 211 Å². The minimum absolute atomic E-state index is 0.0136. The molecule has 2 saturated heterocycles. The molecule has 4 rings (SSSR count). The van der Waals surface area contributed by atoms with Crippen molar-refractivity contribution in [3.05, 3.63) is 47.6 Å². The minimum atomic E-state index is -1.82. The van der Waals surface area contributed by atoms with Crippen molar-refractivity contribution in [3.8, 4) is 0 Å². The molecule has 0 radical (unpaired) electrons. The molecule has 2 bridgehead atoms. The quantitative estimate of drug-likeness (QED) is 0.163. The monoisotopic (exact) mass is 858 g/mol. The number of allylic oxidation sites excluding steroid dienone is 6. The van der Waals surface area contributed by atoms with Gasteiger partial charge in [0.15, 0.2) is 11.6 Å². The Kier molecular flexibility index (Phi) is 19.1. The van der Waals surface area contributed by atoms with Gasteiger partial charge in [0.05, 0.1) is 30.8 Å². The lowest BCUT2D eigenvalue weighted by molar-refractivity contribution is -0.283. The van der Waals surface area contributed by atoms with Gasteiger partial charge in [0.2, 0.25) is 5.91 Å². The molecule has 1 amide bonds. The van der Waals surface area contributed by atoms with E-state index >= 15 is 0 Å². The fourth-order valence-electron chi connectivity index (χ4n) is 9.48. The van der Waals surface area contributed by atoms with Crippen LogP contribution in [0.5, 0.6) is 0 Å². The van der Waals surface area contributed by atoms with E-state index < -0.39 is 84.1 Å². The van der Waals surface area contributed by atoms with Crippen LogP contribution in [-0.2, 0) is 28.7 Å².